The van der Waals surface area contributed by atoms with E-state index in [9.17, 15) is 5.26 Å². The van der Waals surface area contributed by atoms with E-state index in [1.165, 1.54) is 0 Å². The first-order valence-electron chi connectivity index (χ1n) is 20.1. The normalized spacial score (nSPS) is 13.2. The lowest BCUT2D eigenvalue weighted by Crippen LogP contribution is -2.32. The van der Waals surface area contributed by atoms with E-state index in [2.05, 4.69) is 161 Å². The molecule has 0 fully saturated rings. The van der Waals surface area contributed by atoms with Crippen LogP contribution >= 0.6 is 0 Å². The number of fused-ring (bicyclic) bond motifs is 15. The van der Waals surface area contributed by atoms with E-state index in [0.717, 1.165) is 111 Å². The highest BCUT2D eigenvalue weighted by atomic mass is 16.5. The number of rotatable bonds is 3. The molecule has 2 aliphatic rings. The van der Waals surface area contributed by atoms with Gasteiger partial charge in [-0.25, -0.2) is 0 Å². The molecule has 1 aliphatic heterocycles. The first-order valence-corrected chi connectivity index (χ1v) is 20.1. The number of hydrogen-bond donors (Lipinski definition) is 0. The van der Waals surface area contributed by atoms with E-state index in [4.69, 9.17) is 14.7 Å². The van der Waals surface area contributed by atoms with Gasteiger partial charge in [-0.1, -0.05) is 103 Å². The van der Waals surface area contributed by atoms with Crippen LogP contribution in [0.1, 0.15) is 27.8 Å². The summed E-state index contributed by atoms with van der Waals surface area (Å²) in [5, 5.41) is 15.3. The van der Waals surface area contributed by atoms with E-state index in [-0.39, 0.29) is 0 Å². The van der Waals surface area contributed by atoms with E-state index >= 15 is 0 Å². The molecular formula is C54H31N5O. The highest BCUT2D eigenvalue weighted by Crippen LogP contribution is 2.61. The topological polar surface area (TPSA) is 68.7 Å². The van der Waals surface area contributed by atoms with Crippen molar-refractivity contribution in [2.45, 2.75) is 5.41 Å². The minimum Gasteiger partial charge on any atom is -0.457 e. The van der Waals surface area contributed by atoms with E-state index in [1.807, 2.05) is 42.7 Å². The van der Waals surface area contributed by atoms with E-state index in [0.29, 0.717) is 5.56 Å². The maximum Gasteiger partial charge on any atom is 0.132 e. The van der Waals surface area contributed by atoms with Gasteiger partial charge in [-0.15, -0.1) is 0 Å². The zero-order chi connectivity index (χ0) is 39.5. The van der Waals surface area contributed by atoms with Crippen LogP contribution in [0.3, 0.4) is 0 Å². The molecule has 0 amide bonds. The van der Waals surface area contributed by atoms with Crippen LogP contribution in [0.15, 0.2) is 188 Å². The molecule has 60 heavy (non-hydrogen) atoms. The third-order valence-electron chi connectivity index (χ3n) is 12.7. The molecule has 1 spiro atoms. The Morgan fingerprint density at radius 2 is 1.00 bits per heavy atom. The van der Waals surface area contributed by atoms with Crippen LogP contribution in [0.4, 0.5) is 0 Å². The summed E-state index contributed by atoms with van der Waals surface area (Å²) in [7, 11) is 0. The van der Waals surface area contributed by atoms with Gasteiger partial charge in [-0.3, -0.25) is 9.97 Å². The average molecular weight is 766 g/mol. The molecule has 1 aliphatic carbocycles. The van der Waals surface area contributed by atoms with Crippen LogP contribution in [0.25, 0.3) is 77.5 Å². The summed E-state index contributed by atoms with van der Waals surface area (Å²) in [5.74, 6) is 1.65. The molecule has 278 valence electrons. The lowest BCUT2D eigenvalue weighted by atomic mass is 9.66. The van der Waals surface area contributed by atoms with Crippen LogP contribution < -0.4 is 4.74 Å². The van der Waals surface area contributed by atoms with Crippen molar-refractivity contribution in [3.05, 3.63) is 216 Å². The molecule has 6 heteroatoms. The van der Waals surface area contributed by atoms with Gasteiger partial charge in [-0.05, 0) is 95.1 Å². The summed E-state index contributed by atoms with van der Waals surface area (Å²) in [6.45, 7) is 0. The molecule has 0 N–H and O–H groups in total. The van der Waals surface area contributed by atoms with Gasteiger partial charge >= 0.3 is 0 Å². The Hall–Kier alpha value is -8.27. The molecular weight excluding hydrogens is 735 g/mol. The zero-order valence-electron chi connectivity index (χ0n) is 32.0. The Kier molecular flexibility index (Phi) is 6.62. The van der Waals surface area contributed by atoms with Crippen molar-refractivity contribution in [1.29, 1.82) is 5.26 Å². The van der Waals surface area contributed by atoms with Crippen molar-refractivity contribution < 1.29 is 4.74 Å². The number of aromatic nitrogens is 4. The smallest absolute Gasteiger partial charge is 0.132 e. The average Bonchev–Trinajstić information content (AvgIpc) is 3.93. The molecule has 0 unspecified atom stereocenters. The van der Waals surface area contributed by atoms with Gasteiger partial charge in [0, 0.05) is 45.1 Å². The summed E-state index contributed by atoms with van der Waals surface area (Å²) in [4.78, 5) is 9.81. The molecule has 0 saturated heterocycles. The second-order valence-corrected chi connectivity index (χ2v) is 15.6. The number of nitrogens with zero attached hydrogens (tertiary/aromatic N) is 5. The maximum atomic E-state index is 10.7. The molecule has 13 rings (SSSR count). The quantitative estimate of drug-likeness (QED) is 0.180. The van der Waals surface area contributed by atoms with Gasteiger partial charge in [0.15, 0.2) is 0 Å². The highest BCUT2D eigenvalue weighted by Gasteiger charge is 2.52. The largest absolute Gasteiger partial charge is 0.457 e. The highest BCUT2D eigenvalue weighted by molar-refractivity contribution is 6.12. The second kappa shape index (κ2) is 12.1. The SMILES string of the molecule is N#Cc1cccc(-n2c3ccccc3c3cc(-c4ccc5c(c4)C4(c6ccccc6O5)c5cccnc5-c5ncccc54)ccc32)c1-n1c2ccccc2c2ccccc21. The van der Waals surface area contributed by atoms with E-state index < -0.39 is 5.41 Å². The van der Waals surface area contributed by atoms with Crippen molar-refractivity contribution in [2.24, 2.45) is 0 Å². The number of para-hydroxylation sites is 5. The lowest BCUT2D eigenvalue weighted by molar-refractivity contribution is 0.436. The maximum absolute atomic E-state index is 10.7. The van der Waals surface area contributed by atoms with Gasteiger partial charge in [0.05, 0.1) is 55.8 Å². The molecule has 5 heterocycles. The molecule has 0 bridgehead atoms. The van der Waals surface area contributed by atoms with Gasteiger partial charge in [0.1, 0.15) is 17.6 Å². The summed E-state index contributed by atoms with van der Waals surface area (Å²) < 4.78 is 11.3. The van der Waals surface area contributed by atoms with Crippen LogP contribution in [-0.4, -0.2) is 19.1 Å². The lowest BCUT2D eigenvalue weighted by Gasteiger charge is -2.39. The minimum atomic E-state index is -0.664. The molecule has 11 aromatic rings. The van der Waals surface area contributed by atoms with Gasteiger partial charge < -0.3 is 13.9 Å². The van der Waals surface area contributed by atoms with Gasteiger partial charge in [-0.2, -0.15) is 5.26 Å². The first kappa shape index (κ1) is 32.8. The first-order chi connectivity index (χ1) is 29.7. The summed E-state index contributed by atoms with van der Waals surface area (Å²) in [6.07, 6.45) is 3.71. The van der Waals surface area contributed by atoms with Crippen molar-refractivity contribution in [2.75, 3.05) is 0 Å². The summed E-state index contributed by atoms with van der Waals surface area (Å²) in [6, 6.07) is 64.2. The summed E-state index contributed by atoms with van der Waals surface area (Å²) in [5.41, 5.74) is 14.3. The fraction of sp³-hybridized carbons (Fsp3) is 0.0185. The summed E-state index contributed by atoms with van der Waals surface area (Å²) >= 11 is 0. The van der Waals surface area contributed by atoms with Crippen LogP contribution in [0.2, 0.25) is 0 Å². The Bertz CT molecular complexity index is 3580. The Morgan fingerprint density at radius 1 is 0.450 bits per heavy atom. The van der Waals surface area contributed by atoms with Crippen molar-refractivity contribution in [3.8, 4) is 51.5 Å². The second-order valence-electron chi connectivity index (χ2n) is 15.6. The third-order valence-corrected chi connectivity index (χ3v) is 12.7. The van der Waals surface area contributed by atoms with Gasteiger partial charge in [0.25, 0.3) is 0 Å². The minimum absolute atomic E-state index is 0.605. The van der Waals surface area contributed by atoms with Crippen molar-refractivity contribution in [3.63, 3.8) is 0 Å². The number of hydrogen-bond acceptors (Lipinski definition) is 4. The molecule has 0 radical (unpaired) electrons. The zero-order valence-corrected chi connectivity index (χ0v) is 32.0. The molecule has 7 aromatic carbocycles. The monoisotopic (exact) mass is 765 g/mol. The van der Waals surface area contributed by atoms with Crippen LogP contribution in [-0.2, 0) is 5.41 Å². The molecule has 4 aromatic heterocycles. The van der Waals surface area contributed by atoms with Crippen LogP contribution in [0.5, 0.6) is 11.5 Å². The van der Waals surface area contributed by atoms with Crippen LogP contribution in [0, 0.1) is 11.3 Å². The van der Waals surface area contributed by atoms with Crippen molar-refractivity contribution >= 4 is 43.6 Å². The third kappa shape index (κ3) is 4.20. The number of benzene rings is 7. The Morgan fingerprint density at radius 3 is 1.70 bits per heavy atom. The number of ether oxygens (including phenoxy) is 1. The molecule has 6 nitrogen and oxygen atoms in total. The van der Waals surface area contributed by atoms with E-state index in [1.54, 1.807) is 0 Å². The number of nitriles is 1. The Labute approximate surface area is 344 Å². The fourth-order valence-corrected chi connectivity index (χ4v) is 10.4. The predicted molar refractivity (Wildman–Crippen MR) is 238 cm³/mol. The van der Waals surface area contributed by atoms with Crippen molar-refractivity contribution in [1.82, 2.24) is 19.1 Å². The van der Waals surface area contributed by atoms with Gasteiger partial charge in [0.2, 0.25) is 0 Å². The number of pyridine rings is 2. The molecule has 0 saturated carbocycles. The fourth-order valence-electron chi connectivity index (χ4n) is 10.4. The molecule has 0 atom stereocenters. The standard InChI is InChI=1S/C54H31N5O/c55-32-35-12-9-22-48(53(35)59-45-20-6-1-13-36(45)37-14-2-7-21-46(37)59)58-44-19-5-3-15-38(44)39-30-33(24-26-47(39)58)34-25-27-50-43(31-34)54(40-16-4-8-23-49(40)60-50)41-17-10-28-56-51(41)52-42(54)18-11-29-57-52/h1-31H. The predicted octanol–water partition coefficient (Wildman–Crippen LogP) is 12.7. The Balaban J connectivity index is 1.05.